The van der Waals surface area contributed by atoms with E-state index < -0.39 is 24.2 Å². The number of rotatable bonds is 6. The van der Waals surface area contributed by atoms with E-state index in [4.69, 9.17) is 0 Å². The van der Waals surface area contributed by atoms with Crippen molar-refractivity contribution in [3.8, 4) is 0 Å². The van der Waals surface area contributed by atoms with Crippen LogP contribution in [0.5, 0.6) is 0 Å². The lowest BCUT2D eigenvalue weighted by molar-refractivity contribution is -0.170. The minimum atomic E-state index is -5.00. The van der Waals surface area contributed by atoms with Crippen molar-refractivity contribution < 1.29 is 27.6 Å². The third-order valence-electron chi connectivity index (χ3n) is 2.65. The van der Waals surface area contributed by atoms with Gasteiger partial charge >= 0.3 is 6.18 Å². The Balaban J connectivity index is 2.63. The fourth-order valence-electron chi connectivity index (χ4n) is 1.53. The summed E-state index contributed by atoms with van der Waals surface area (Å²) in [5.41, 5.74) is 0.751. The van der Waals surface area contributed by atoms with Gasteiger partial charge in [0.15, 0.2) is 5.78 Å². The average molecular weight is 313 g/mol. The van der Waals surface area contributed by atoms with Gasteiger partial charge in [-0.25, -0.2) is 0 Å². The maximum atomic E-state index is 12.1. The van der Waals surface area contributed by atoms with Gasteiger partial charge < -0.3 is 5.32 Å². The van der Waals surface area contributed by atoms with Crippen molar-refractivity contribution in [1.29, 1.82) is 0 Å². The molecule has 0 unspecified atom stereocenters. The standard InChI is InChI=1S/C15H14F3NO3/c1-10(20)19-8-2-3-11-4-6-12(7-5-11)13(21)9-14(22)15(16,17)18/h2-7H,8-9H2,1H3,(H,19,20). The van der Waals surface area contributed by atoms with Crippen LogP contribution in [-0.2, 0) is 9.59 Å². The molecule has 1 aromatic rings. The molecule has 0 radical (unpaired) electrons. The molecule has 0 saturated heterocycles. The lowest BCUT2D eigenvalue weighted by Gasteiger charge is -2.04. The molecule has 0 aliphatic carbocycles. The highest BCUT2D eigenvalue weighted by atomic mass is 19.4. The molecule has 1 amide bonds. The summed E-state index contributed by atoms with van der Waals surface area (Å²) >= 11 is 0. The minimum Gasteiger partial charge on any atom is -0.353 e. The number of ketones is 2. The van der Waals surface area contributed by atoms with E-state index in [1.165, 1.54) is 31.2 Å². The second-order valence-corrected chi connectivity index (χ2v) is 4.48. The smallest absolute Gasteiger partial charge is 0.353 e. The van der Waals surface area contributed by atoms with Crippen LogP contribution in [0.4, 0.5) is 13.2 Å². The van der Waals surface area contributed by atoms with Gasteiger partial charge in [0.25, 0.3) is 0 Å². The lowest BCUT2D eigenvalue weighted by atomic mass is 10.0. The molecule has 0 bridgehead atoms. The quantitative estimate of drug-likeness (QED) is 0.648. The van der Waals surface area contributed by atoms with E-state index in [1.54, 1.807) is 12.2 Å². The van der Waals surface area contributed by atoms with Gasteiger partial charge in [0, 0.05) is 19.0 Å². The van der Waals surface area contributed by atoms with Gasteiger partial charge in [-0.15, -0.1) is 0 Å². The number of hydrogen-bond donors (Lipinski definition) is 1. The fourth-order valence-corrected chi connectivity index (χ4v) is 1.53. The first-order valence-electron chi connectivity index (χ1n) is 6.34. The first kappa shape index (κ1) is 17.6. The molecule has 0 aliphatic heterocycles. The number of carbonyl (C=O) groups excluding carboxylic acids is 3. The van der Waals surface area contributed by atoms with Gasteiger partial charge in [0.05, 0.1) is 6.42 Å². The Labute approximate surface area is 125 Å². The van der Waals surface area contributed by atoms with E-state index in [2.05, 4.69) is 5.32 Å². The van der Waals surface area contributed by atoms with Crippen molar-refractivity contribution >= 4 is 23.5 Å². The number of carbonyl (C=O) groups is 3. The number of benzene rings is 1. The summed E-state index contributed by atoms with van der Waals surface area (Å²) in [6.07, 6.45) is -2.82. The Hall–Kier alpha value is -2.44. The number of alkyl halides is 3. The summed E-state index contributed by atoms with van der Waals surface area (Å²) in [7, 11) is 0. The lowest BCUT2D eigenvalue weighted by Crippen LogP contribution is -2.25. The van der Waals surface area contributed by atoms with Crippen LogP contribution in [0.1, 0.15) is 29.3 Å². The number of nitrogens with one attached hydrogen (secondary N) is 1. The molecule has 0 spiro atoms. The van der Waals surface area contributed by atoms with Crippen LogP contribution >= 0.6 is 0 Å². The van der Waals surface area contributed by atoms with Gasteiger partial charge in [-0.3, -0.25) is 14.4 Å². The van der Waals surface area contributed by atoms with Crippen molar-refractivity contribution in [2.45, 2.75) is 19.5 Å². The Morgan fingerprint density at radius 1 is 1.14 bits per heavy atom. The van der Waals surface area contributed by atoms with E-state index in [9.17, 15) is 27.6 Å². The first-order valence-corrected chi connectivity index (χ1v) is 6.34. The van der Waals surface area contributed by atoms with Crippen molar-refractivity contribution in [2.75, 3.05) is 6.54 Å². The van der Waals surface area contributed by atoms with Gasteiger partial charge in [-0.1, -0.05) is 36.4 Å². The third-order valence-corrected chi connectivity index (χ3v) is 2.65. The first-order chi connectivity index (χ1) is 10.2. The maximum Gasteiger partial charge on any atom is 0.450 e. The largest absolute Gasteiger partial charge is 0.450 e. The van der Waals surface area contributed by atoms with Gasteiger partial charge in [0.1, 0.15) is 0 Å². The zero-order valence-corrected chi connectivity index (χ0v) is 11.7. The SMILES string of the molecule is CC(=O)NCC=Cc1ccc(C(=O)CC(=O)C(F)(F)F)cc1. The van der Waals surface area contributed by atoms with E-state index in [1.807, 2.05) is 0 Å². The molecular formula is C15H14F3NO3. The van der Waals surface area contributed by atoms with Crippen LogP contribution in [-0.4, -0.2) is 30.2 Å². The summed E-state index contributed by atoms with van der Waals surface area (Å²) in [4.78, 5) is 33.0. The Kier molecular flexibility index (Phi) is 6.03. The van der Waals surface area contributed by atoms with Crippen molar-refractivity contribution in [3.63, 3.8) is 0 Å². The summed E-state index contributed by atoms with van der Waals surface area (Å²) in [5, 5.41) is 2.56. The molecule has 22 heavy (non-hydrogen) atoms. The minimum absolute atomic E-state index is 0.0385. The fraction of sp³-hybridized carbons (Fsp3) is 0.267. The van der Waals surface area contributed by atoms with Crippen LogP contribution in [0.3, 0.4) is 0 Å². The van der Waals surface area contributed by atoms with E-state index in [0.29, 0.717) is 12.1 Å². The van der Waals surface area contributed by atoms with Crippen LogP contribution in [0.2, 0.25) is 0 Å². The van der Waals surface area contributed by atoms with Crippen molar-refractivity contribution in [1.82, 2.24) is 5.32 Å². The predicted molar refractivity (Wildman–Crippen MR) is 74.2 cm³/mol. The molecule has 0 fully saturated rings. The molecule has 0 heterocycles. The third kappa shape index (κ3) is 5.90. The summed E-state index contributed by atoms with van der Waals surface area (Å²) in [6, 6.07) is 5.78. The molecule has 4 nitrogen and oxygen atoms in total. The van der Waals surface area contributed by atoms with Crippen LogP contribution in [0.25, 0.3) is 6.08 Å². The highest BCUT2D eigenvalue weighted by molar-refractivity contribution is 6.09. The highest BCUT2D eigenvalue weighted by Gasteiger charge is 2.39. The topological polar surface area (TPSA) is 63.2 Å². The Morgan fingerprint density at radius 3 is 2.23 bits per heavy atom. The summed E-state index contributed by atoms with van der Waals surface area (Å²) in [5.74, 6) is -3.10. The summed E-state index contributed by atoms with van der Waals surface area (Å²) in [6.45, 7) is 1.73. The molecule has 118 valence electrons. The highest BCUT2D eigenvalue weighted by Crippen LogP contribution is 2.19. The molecule has 0 saturated carbocycles. The summed E-state index contributed by atoms with van der Waals surface area (Å²) < 4.78 is 36.2. The molecule has 0 atom stereocenters. The number of amides is 1. The normalized spacial score (nSPS) is 11.5. The maximum absolute atomic E-state index is 12.1. The van der Waals surface area contributed by atoms with Crippen molar-refractivity contribution in [3.05, 3.63) is 41.5 Å². The van der Waals surface area contributed by atoms with E-state index in [-0.39, 0.29) is 11.5 Å². The van der Waals surface area contributed by atoms with E-state index in [0.717, 1.165) is 0 Å². The van der Waals surface area contributed by atoms with Crippen LogP contribution in [0.15, 0.2) is 30.3 Å². The Morgan fingerprint density at radius 2 is 1.73 bits per heavy atom. The molecule has 0 aliphatic rings. The van der Waals surface area contributed by atoms with Gasteiger partial charge in [0.2, 0.25) is 11.7 Å². The average Bonchev–Trinajstić information content (AvgIpc) is 2.43. The zero-order chi connectivity index (χ0) is 16.8. The molecule has 1 aromatic carbocycles. The Bertz CT molecular complexity index is 589. The van der Waals surface area contributed by atoms with Crippen LogP contribution < -0.4 is 5.32 Å². The van der Waals surface area contributed by atoms with E-state index >= 15 is 0 Å². The molecule has 0 aromatic heterocycles. The van der Waals surface area contributed by atoms with Crippen molar-refractivity contribution in [2.24, 2.45) is 0 Å². The number of halogens is 3. The zero-order valence-electron chi connectivity index (χ0n) is 11.7. The number of hydrogen-bond acceptors (Lipinski definition) is 3. The molecule has 7 heteroatoms. The van der Waals surface area contributed by atoms with Crippen LogP contribution in [0, 0.1) is 0 Å². The second-order valence-electron chi connectivity index (χ2n) is 4.48. The predicted octanol–water partition coefficient (Wildman–Crippen LogP) is 2.54. The molecular weight excluding hydrogens is 299 g/mol. The molecule has 1 rings (SSSR count). The second kappa shape index (κ2) is 7.53. The monoisotopic (exact) mass is 313 g/mol. The number of Topliss-reactive ketones (excluding diaryl/α,β-unsaturated/α-hetero) is 2. The van der Waals surface area contributed by atoms with Gasteiger partial charge in [-0.05, 0) is 5.56 Å². The van der Waals surface area contributed by atoms with Gasteiger partial charge in [-0.2, -0.15) is 13.2 Å². The molecule has 1 N–H and O–H groups in total.